The summed E-state index contributed by atoms with van der Waals surface area (Å²) in [6.07, 6.45) is 0. The number of fused-ring (bicyclic) bond motifs is 3. The summed E-state index contributed by atoms with van der Waals surface area (Å²) in [7, 11) is 0. The first-order chi connectivity index (χ1) is 9.15. The van der Waals surface area contributed by atoms with Crippen LogP contribution in [0.4, 0.5) is 0 Å². The molecule has 0 aliphatic carbocycles. The maximum Gasteiger partial charge on any atom is 0.340 e. The molecule has 0 amide bonds. The third-order valence-corrected chi connectivity index (χ3v) is 3.02. The van der Waals surface area contributed by atoms with Crippen LogP contribution in [0.3, 0.4) is 0 Å². The molecule has 98 valence electrons. The molecule has 7 heteroatoms. The molecule has 3 aromatic rings. The first kappa shape index (κ1) is 11.5. The number of benzene rings is 1. The van der Waals surface area contributed by atoms with Crippen molar-refractivity contribution in [2.45, 2.75) is 13.8 Å². The lowest BCUT2D eigenvalue weighted by atomic mass is 10.1. The molecule has 0 bridgehead atoms. The standard InChI is InChI=1S/C12H10N3O4/c1-3-18-12(16)9-6(2)15(17)8-5-4-7-11(10(8)9)14-19-13-7/h4-5H,3H2,1-2H3/q-1. The SMILES string of the molecule is CCOC(=O)c1c(C)n([O-])c2ccc3nonc3c12. The zero-order valence-corrected chi connectivity index (χ0v) is 10.3. The number of esters is 1. The average Bonchev–Trinajstić information content (AvgIpc) is 2.94. The minimum absolute atomic E-state index is 0.216. The summed E-state index contributed by atoms with van der Waals surface area (Å²) in [6, 6.07) is 3.21. The van der Waals surface area contributed by atoms with E-state index in [0.717, 1.165) is 0 Å². The Labute approximate surface area is 107 Å². The van der Waals surface area contributed by atoms with Crippen molar-refractivity contribution < 1.29 is 14.2 Å². The minimum Gasteiger partial charge on any atom is -0.805 e. The molecule has 0 saturated heterocycles. The molecular weight excluding hydrogens is 250 g/mol. The second-order valence-corrected chi connectivity index (χ2v) is 4.07. The number of aromatic nitrogens is 3. The van der Waals surface area contributed by atoms with Gasteiger partial charge in [0.2, 0.25) is 0 Å². The topological polar surface area (TPSA) is 93.2 Å². The van der Waals surface area contributed by atoms with E-state index < -0.39 is 5.97 Å². The van der Waals surface area contributed by atoms with E-state index in [9.17, 15) is 10.0 Å². The quantitative estimate of drug-likeness (QED) is 0.654. The average molecular weight is 260 g/mol. The van der Waals surface area contributed by atoms with Crippen LogP contribution in [-0.2, 0) is 4.74 Å². The van der Waals surface area contributed by atoms with Gasteiger partial charge in [0.05, 0.1) is 12.2 Å². The highest BCUT2D eigenvalue weighted by Crippen LogP contribution is 2.31. The molecule has 2 heterocycles. The molecule has 0 atom stereocenters. The second-order valence-electron chi connectivity index (χ2n) is 4.07. The van der Waals surface area contributed by atoms with Gasteiger partial charge in [0, 0.05) is 16.6 Å². The number of rotatable bonds is 2. The van der Waals surface area contributed by atoms with Crippen LogP contribution >= 0.6 is 0 Å². The van der Waals surface area contributed by atoms with Crippen LogP contribution in [0.25, 0.3) is 21.9 Å². The molecule has 1 aromatic carbocycles. The molecule has 0 fully saturated rings. The van der Waals surface area contributed by atoms with Crippen molar-refractivity contribution in [3.8, 4) is 0 Å². The zero-order chi connectivity index (χ0) is 13.6. The maximum atomic E-state index is 12.1. The molecule has 2 aromatic heterocycles. The summed E-state index contributed by atoms with van der Waals surface area (Å²) in [4.78, 5) is 12.0. The van der Waals surface area contributed by atoms with Crippen molar-refractivity contribution >= 4 is 27.9 Å². The summed E-state index contributed by atoms with van der Waals surface area (Å²) in [6.45, 7) is 3.51. The fourth-order valence-electron chi connectivity index (χ4n) is 2.17. The molecule has 19 heavy (non-hydrogen) atoms. The lowest BCUT2D eigenvalue weighted by molar-refractivity contribution is 0.0528. The summed E-state index contributed by atoms with van der Waals surface area (Å²) in [5.74, 6) is -0.546. The fraction of sp³-hybridized carbons (Fsp3) is 0.250. The van der Waals surface area contributed by atoms with E-state index in [1.165, 1.54) is 0 Å². The molecular formula is C12H10N3O4-. The highest BCUT2D eigenvalue weighted by atomic mass is 16.6. The van der Waals surface area contributed by atoms with Crippen molar-refractivity contribution in [2.24, 2.45) is 0 Å². The van der Waals surface area contributed by atoms with Gasteiger partial charge in [0.15, 0.2) is 0 Å². The lowest BCUT2D eigenvalue weighted by Crippen LogP contribution is -2.06. The molecule has 7 nitrogen and oxygen atoms in total. The summed E-state index contributed by atoms with van der Waals surface area (Å²) in [5, 5.41) is 19.9. The molecule has 0 aliphatic rings. The van der Waals surface area contributed by atoms with Gasteiger partial charge in [0.1, 0.15) is 11.0 Å². The van der Waals surface area contributed by atoms with Gasteiger partial charge in [-0.15, -0.1) is 0 Å². The minimum atomic E-state index is -0.546. The van der Waals surface area contributed by atoms with Gasteiger partial charge in [-0.3, -0.25) is 0 Å². The summed E-state index contributed by atoms with van der Waals surface area (Å²) >= 11 is 0. The third-order valence-electron chi connectivity index (χ3n) is 3.02. The van der Waals surface area contributed by atoms with Gasteiger partial charge in [-0.2, -0.15) is 0 Å². The van der Waals surface area contributed by atoms with Gasteiger partial charge in [-0.1, -0.05) is 0 Å². The number of hydrogen-bond acceptors (Lipinski definition) is 6. The van der Waals surface area contributed by atoms with Gasteiger partial charge in [-0.05, 0) is 36.3 Å². The summed E-state index contributed by atoms with van der Waals surface area (Å²) < 4.78 is 10.3. The van der Waals surface area contributed by atoms with E-state index in [4.69, 9.17) is 4.74 Å². The van der Waals surface area contributed by atoms with Crippen LogP contribution < -0.4 is 0 Å². The molecule has 0 N–H and O–H groups in total. The molecule has 0 aliphatic heterocycles. The Balaban J connectivity index is 2.44. The number of ether oxygens (including phenoxy) is 1. The lowest BCUT2D eigenvalue weighted by Gasteiger charge is -2.11. The van der Waals surface area contributed by atoms with E-state index >= 15 is 0 Å². The smallest absolute Gasteiger partial charge is 0.340 e. The number of carbonyl (C=O) groups excluding carboxylic acids is 1. The van der Waals surface area contributed by atoms with E-state index in [-0.39, 0.29) is 17.9 Å². The first-order valence-electron chi connectivity index (χ1n) is 5.76. The Morgan fingerprint density at radius 2 is 2.26 bits per heavy atom. The van der Waals surface area contributed by atoms with E-state index in [1.54, 1.807) is 26.0 Å². The normalized spacial score (nSPS) is 11.3. The Kier molecular flexibility index (Phi) is 2.41. The van der Waals surface area contributed by atoms with Crippen molar-refractivity contribution in [1.82, 2.24) is 15.0 Å². The predicted octanol–water partition coefficient (Wildman–Crippen LogP) is 2.01. The molecule has 3 rings (SSSR count). The van der Waals surface area contributed by atoms with Crippen LogP contribution in [0.1, 0.15) is 23.0 Å². The second kappa shape index (κ2) is 3.98. The van der Waals surface area contributed by atoms with Crippen LogP contribution in [-0.4, -0.2) is 27.6 Å². The van der Waals surface area contributed by atoms with Crippen molar-refractivity contribution in [1.29, 1.82) is 0 Å². The van der Waals surface area contributed by atoms with E-state index in [0.29, 0.717) is 26.7 Å². The number of nitrogens with zero attached hydrogens (tertiary/aromatic N) is 3. The van der Waals surface area contributed by atoms with Crippen molar-refractivity contribution in [3.05, 3.63) is 28.6 Å². The predicted molar refractivity (Wildman–Crippen MR) is 66.8 cm³/mol. The van der Waals surface area contributed by atoms with E-state index in [2.05, 4.69) is 14.9 Å². The number of hydrogen-bond donors (Lipinski definition) is 0. The van der Waals surface area contributed by atoms with E-state index in [1.807, 2.05) is 0 Å². The third kappa shape index (κ3) is 1.48. The summed E-state index contributed by atoms with van der Waals surface area (Å²) in [5.41, 5.74) is 1.72. The number of carbonyl (C=O) groups is 1. The van der Waals surface area contributed by atoms with Gasteiger partial charge >= 0.3 is 5.97 Å². The molecule has 0 radical (unpaired) electrons. The molecule has 0 saturated carbocycles. The van der Waals surface area contributed by atoms with Gasteiger partial charge < -0.3 is 14.7 Å². The van der Waals surface area contributed by atoms with Crippen LogP contribution in [0.15, 0.2) is 16.8 Å². The first-order valence-corrected chi connectivity index (χ1v) is 5.76. The fourth-order valence-corrected chi connectivity index (χ4v) is 2.17. The Morgan fingerprint density at radius 1 is 1.47 bits per heavy atom. The van der Waals surface area contributed by atoms with Gasteiger partial charge in [0.25, 0.3) is 0 Å². The van der Waals surface area contributed by atoms with Crippen LogP contribution in [0.2, 0.25) is 0 Å². The van der Waals surface area contributed by atoms with Crippen molar-refractivity contribution in [3.63, 3.8) is 0 Å². The Morgan fingerprint density at radius 3 is 3.00 bits per heavy atom. The Hall–Kier alpha value is -2.57. The maximum absolute atomic E-state index is 12.1. The monoisotopic (exact) mass is 260 g/mol. The van der Waals surface area contributed by atoms with Crippen LogP contribution in [0, 0.1) is 12.1 Å². The molecule has 0 spiro atoms. The highest BCUT2D eigenvalue weighted by molar-refractivity contribution is 6.15. The largest absolute Gasteiger partial charge is 0.805 e. The van der Waals surface area contributed by atoms with Crippen LogP contribution in [0.5, 0.6) is 0 Å². The van der Waals surface area contributed by atoms with Gasteiger partial charge in [-0.25, -0.2) is 9.42 Å². The Bertz CT molecular complexity index is 787. The van der Waals surface area contributed by atoms with Crippen molar-refractivity contribution in [2.75, 3.05) is 6.61 Å². The molecule has 0 unspecified atom stereocenters. The zero-order valence-electron chi connectivity index (χ0n) is 10.3. The highest BCUT2D eigenvalue weighted by Gasteiger charge is 2.22.